The van der Waals surface area contributed by atoms with Gasteiger partial charge in [-0.2, -0.15) is 0 Å². The van der Waals surface area contributed by atoms with E-state index in [1.165, 1.54) is 0 Å². The van der Waals surface area contributed by atoms with Crippen LogP contribution in [0, 0.1) is 24.7 Å². The lowest BCUT2D eigenvalue weighted by atomic mass is 9.65. The molecule has 5 rings (SSSR count). The van der Waals surface area contributed by atoms with Crippen LogP contribution in [-0.2, 0) is 14.4 Å². The highest BCUT2D eigenvalue weighted by atomic mass is 35.5. The third-order valence-corrected chi connectivity index (χ3v) is 11.9. The number of aliphatic hydroxyl groups excluding tert-OH is 1. The van der Waals surface area contributed by atoms with E-state index in [0.717, 1.165) is 5.56 Å². The third-order valence-electron chi connectivity index (χ3n) is 9.51. The molecule has 10 heteroatoms. The first-order chi connectivity index (χ1) is 21.6. The molecule has 0 aliphatic carbocycles. The van der Waals surface area contributed by atoms with Gasteiger partial charge in [-0.25, -0.2) is 0 Å². The highest BCUT2D eigenvalue weighted by Crippen LogP contribution is 2.69. The van der Waals surface area contributed by atoms with Gasteiger partial charge in [-0.3, -0.25) is 14.4 Å². The van der Waals surface area contributed by atoms with E-state index in [2.05, 4.69) is 20.1 Å². The van der Waals surface area contributed by atoms with Crippen molar-refractivity contribution in [2.75, 3.05) is 36.1 Å². The number of benzene rings is 2. The first-order valence-electron chi connectivity index (χ1n) is 15.5. The van der Waals surface area contributed by atoms with E-state index in [1.54, 1.807) is 51.6 Å². The van der Waals surface area contributed by atoms with Gasteiger partial charge in [0.05, 0.1) is 46.5 Å². The number of amides is 3. The summed E-state index contributed by atoms with van der Waals surface area (Å²) < 4.78 is 4.73. The molecule has 3 aliphatic heterocycles. The summed E-state index contributed by atoms with van der Waals surface area (Å²) in [5.41, 5.74) is 2.07. The van der Waals surface area contributed by atoms with E-state index in [-0.39, 0.29) is 48.6 Å². The van der Waals surface area contributed by atoms with E-state index in [4.69, 9.17) is 16.3 Å². The maximum atomic E-state index is 14.9. The maximum Gasteiger partial charge on any atom is 0.251 e. The number of aryl methyl sites for hydroxylation is 1. The number of halogens is 1. The summed E-state index contributed by atoms with van der Waals surface area (Å²) in [5.74, 6) is -1.44. The molecule has 2 aromatic rings. The zero-order valence-electron chi connectivity index (χ0n) is 26.3. The van der Waals surface area contributed by atoms with Crippen LogP contribution >= 0.6 is 23.4 Å². The fraction of sp³-hybridized carbons (Fsp3) is 0.457. The van der Waals surface area contributed by atoms with Crippen molar-refractivity contribution in [1.29, 1.82) is 0 Å². The fourth-order valence-electron chi connectivity index (χ4n) is 7.64. The number of carbonyl (C=O) groups is 3. The van der Waals surface area contributed by atoms with Crippen LogP contribution in [0.1, 0.15) is 32.8 Å². The highest BCUT2D eigenvalue weighted by Gasteiger charge is 2.77. The molecule has 3 heterocycles. The molecule has 3 saturated heterocycles. The van der Waals surface area contributed by atoms with Gasteiger partial charge in [0, 0.05) is 24.0 Å². The minimum atomic E-state index is -0.908. The second-order valence-electron chi connectivity index (χ2n) is 12.1. The second-order valence-corrected chi connectivity index (χ2v) is 14.1. The van der Waals surface area contributed by atoms with Crippen molar-refractivity contribution in [2.24, 2.45) is 17.8 Å². The van der Waals surface area contributed by atoms with Crippen LogP contribution in [0.2, 0.25) is 5.02 Å². The summed E-state index contributed by atoms with van der Waals surface area (Å²) in [6, 6.07) is 11.2. The fourth-order valence-corrected chi connectivity index (χ4v) is 10.4. The van der Waals surface area contributed by atoms with E-state index in [1.807, 2.05) is 50.2 Å². The standard InChI is InChI=1S/C35H42ClN3O5S/c1-7-17-37(24-13-15-25(16-14-24)44-9-3)32(41)28-27-19-22(5)35(45-27)29(28)33(42)39(23(6)20-40)31(35)34(43)38(18-8-2)30-21(4)11-10-12-26(30)36/h7-8,10-16,22-23,27-29,31,40H,1-2,9,17-20H2,3-6H3/t22?,23-,27-,28+,29+,31?,35?/m1/s1. The van der Waals surface area contributed by atoms with E-state index in [0.29, 0.717) is 35.2 Å². The summed E-state index contributed by atoms with van der Waals surface area (Å²) in [6.07, 6.45) is 4.01. The Morgan fingerprint density at radius 3 is 2.42 bits per heavy atom. The molecule has 0 aromatic heterocycles. The number of aliphatic hydroxyl groups is 1. The number of likely N-dealkylation sites (tertiary alicyclic amines) is 1. The van der Waals surface area contributed by atoms with Gasteiger partial charge >= 0.3 is 0 Å². The average Bonchev–Trinajstić information content (AvgIpc) is 3.62. The van der Waals surface area contributed by atoms with E-state index in [9.17, 15) is 19.5 Å². The van der Waals surface area contributed by atoms with Gasteiger partial charge in [-0.1, -0.05) is 42.8 Å². The van der Waals surface area contributed by atoms with Crippen molar-refractivity contribution in [1.82, 2.24) is 4.90 Å². The van der Waals surface area contributed by atoms with Crippen molar-refractivity contribution in [3.05, 3.63) is 78.4 Å². The lowest BCUT2D eigenvalue weighted by molar-refractivity contribution is -0.141. The molecule has 3 fully saturated rings. The number of hydrogen-bond acceptors (Lipinski definition) is 6. The smallest absolute Gasteiger partial charge is 0.251 e. The Hall–Kier alpha value is -3.27. The number of thioether (sulfide) groups is 1. The first kappa shape index (κ1) is 33.1. The molecule has 240 valence electrons. The Labute approximate surface area is 275 Å². The predicted molar refractivity (Wildman–Crippen MR) is 181 cm³/mol. The molecular weight excluding hydrogens is 610 g/mol. The van der Waals surface area contributed by atoms with Crippen molar-refractivity contribution in [3.63, 3.8) is 0 Å². The van der Waals surface area contributed by atoms with Gasteiger partial charge in [0.1, 0.15) is 11.8 Å². The molecule has 2 bridgehead atoms. The molecule has 3 unspecified atom stereocenters. The SMILES string of the molecule is C=CCN(C(=O)[C@@H]1[C@H]2C(=O)N([C@H](C)CO)C(C(=O)N(CC=C)c3c(C)cccc3Cl)C23S[C@@H]1CC3C)c1ccc(OCC)cc1. The Morgan fingerprint density at radius 1 is 1.16 bits per heavy atom. The summed E-state index contributed by atoms with van der Waals surface area (Å²) in [4.78, 5) is 48.9. The molecular formula is C35H42ClN3O5S. The summed E-state index contributed by atoms with van der Waals surface area (Å²) in [7, 11) is 0. The van der Waals surface area contributed by atoms with Gasteiger partial charge in [0.25, 0.3) is 5.91 Å². The number of carbonyl (C=O) groups excluding carboxylic acids is 3. The van der Waals surface area contributed by atoms with Crippen LogP contribution in [0.4, 0.5) is 11.4 Å². The lowest BCUT2D eigenvalue weighted by Gasteiger charge is -2.42. The van der Waals surface area contributed by atoms with Gasteiger partial charge in [0.15, 0.2) is 0 Å². The van der Waals surface area contributed by atoms with Crippen LogP contribution in [0.25, 0.3) is 0 Å². The van der Waals surface area contributed by atoms with Crippen LogP contribution in [-0.4, -0.2) is 76.1 Å². The molecule has 45 heavy (non-hydrogen) atoms. The third kappa shape index (κ3) is 5.36. The van der Waals surface area contributed by atoms with Crippen LogP contribution in [0.15, 0.2) is 67.8 Å². The zero-order valence-corrected chi connectivity index (χ0v) is 27.9. The van der Waals surface area contributed by atoms with Gasteiger partial charge < -0.3 is 24.5 Å². The Kier molecular flexibility index (Phi) is 9.73. The number of hydrogen-bond donors (Lipinski definition) is 1. The van der Waals surface area contributed by atoms with E-state index < -0.39 is 28.7 Å². The number of anilines is 2. The van der Waals surface area contributed by atoms with Gasteiger partial charge in [-0.05, 0) is 69.0 Å². The average molecular weight is 652 g/mol. The monoisotopic (exact) mass is 651 g/mol. The molecule has 3 amide bonds. The minimum Gasteiger partial charge on any atom is -0.494 e. The van der Waals surface area contributed by atoms with Gasteiger partial charge in [0.2, 0.25) is 11.8 Å². The van der Waals surface area contributed by atoms with Crippen molar-refractivity contribution >= 4 is 52.5 Å². The van der Waals surface area contributed by atoms with Crippen LogP contribution in [0.5, 0.6) is 5.75 Å². The highest BCUT2D eigenvalue weighted by molar-refractivity contribution is 8.02. The number of rotatable bonds is 12. The van der Waals surface area contributed by atoms with Crippen molar-refractivity contribution in [3.8, 4) is 5.75 Å². The zero-order chi connectivity index (χ0) is 32.6. The summed E-state index contributed by atoms with van der Waals surface area (Å²) in [5, 5.41) is 10.6. The topological polar surface area (TPSA) is 90.4 Å². The predicted octanol–water partition coefficient (Wildman–Crippen LogP) is 5.50. The quantitative estimate of drug-likeness (QED) is 0.305. The summed E-state index contributed by atoms with van der Waals surface area (Å²) >= 11 is 8.28. The molecule has 7 atom stereocenters. The van der Waals surface area contributed by atoms with Crippen LogP contribution < -0.4 is 14.5 Å². The van der Waals surface area contributed by atoms with Crippen LogP contribution in [0.3, 0.4) is 0 Å². The maximum absolute atomic E-state index is 14.9. The minimum absolute atomic E-state index is 0.0356. The molecule has 3 aliphatic rings. The largest absolute Gasteiger partial charge is 0.494 e. The number of ether oxygens (including phenoxy) is 1. The Bertz CT molecular complexity index is 1460. The summed E-state index contributed by atoms with van der Waals surface area (Å²) in [6.45, 7) is 16.1. The molecule has 8 nitrogen and oxygen atoms in total. The number of para-hydroxylation sites is 1. The molecule has 2 aromatic carbocycles. The van der Waals surface area contributed by atoms with E-state index >= 15 is 0 Å². The Balaban J connectivity index is 1.60. The number of nitrogens with zero attached hydrogens (tertiary/aromatic N) is 3. The van der Waals surface area contributed by atoms with Crippen molar-refractivity contribution < 1.29 is 24.2 Å². The number of fused-ring (bicyclic) bond motifs is 1. The lowest BCUT2D eigenvalue weighted by Crippen LogP contribution is -2.59. The van der Waals surface area contributed by atoms with Gasteiger partial charge in [-0.15, -0.1) is 24.9 Å². The first-order valence-corrected chi connectivity index (χ1v) is 16.8. The Morgan fingerprint density at radius 2 is 1.82 bits per heavy atom. The normalized spacial score (nSPS) is 27.2. The van der Waals surface area contributed by atoms with Crippen molar-refractivity contribution in [2.45, 2.75) is 56.2 Å². The molecule has 1 spiro atoms. The molecule has 0 radical (unpaired) electrons. The second kappa shape index (κ2) is 13.2. The molecule has 1 N–H and O–H groups in total. The molecule has 0 saturated carbocycles.